The molecule has 0 aliphatic carbocycles. The molecule has 0 amide bonds. The first-order valence-corrected chi connectivity index (χ1v) is 8.54. The van der Waals surface area contributed by atoms with Crippen molar-refractivity contribution in [3.8, 4) is 5.75 Å². The van der Waals surface area contributed by atoms with Crippen molar-refractivity contribution >= 4 is 23.1 Å². The van der Waals surface area contributed by atoms with E-state index in [2.05, 4.69) is 19.4 Å². The van der Waals surface area contributed by atoms with Crippen molar-refractivity contribution in [2.75, 3.05) is 33.3 Å². The van der Waals surface area contributed by atoms with Crippen molar-refractivity contribution in [1.29, 1.82) is 0 Å². The number of hydrogen-bond donors (Lipinski definition) is 0. The molecule has 1 saturated heterocycles. The smallest absolute Gasteiger partial charge is 0.165 e. The van der Waals surface area contributed by atoms with Gasteiger partial charge in [0.1, 0.15) is 10.0 Å². The van der Waals surface area contributed by atoms with E-state index in [1.807, 2.05) is 6.07 Å². The quantitative estimate of drug-likeness (QED) is 0.823. The van der Waals surface area contributed by atoms with Crippen molar-refractivity contribution in [2.24, 2.45) is 0 Å². The lowest BCUT2D eigenvalue weighted by atomic mass is 10.2. The first kappa shape index (κ1) is 16.6. The van der Waals surface area contributed by atoms with Gasteiger partial charge in [0, 0.05) is 50.8 Å². The maximum absolute atomic E-state index is 13.7. The average molecular weight is 357 g/mol. The van der Waals surface area contributed by atoms with Crippen molar-refractivity contribution in [2.45, 2.75) is 13.1 Å². The number of methoxy groups -OCH3 is 1. The molecule has 1 fully saturated rings. The molecule has 0 radical (unpaired) electrons. The fourth-order valence-electron chi connectivity index (χ4n) is 2.68. The van der Waals surface area contributed by atoms with E-state index in [4.69, 9.17) is 16.3 Å². The van der Waals surface area contributed by atoms with Gasteiger partial charge in [0.15, 0.2) is 11.6 Å². The maximum atomic E-state index is 13.7. The van der Waals surface area contributed by atoms with Crippen molar-refractivity contribution in [3.05, 3.63) is 39.6 Å². The molecular formula is C15H18ClFN4OS. The topological polar surface area (TPSA) is 41.5 Å². The zero-order valence-electron chi connectivity index (χ0n) is 12.8. The summed E-state index contributed by atoms with van der Waals surface area (Å²) in [6, 6.07) is 5.14. The Morgan fingerprint density at radius 2 is 1.91 bits per heavy atom. The molecule has 124 valence electrons. The van der Waals surface area contributed by atoms with Crippen LogP contribution in [0.3, 0.4) is 0 Å². The molecule has 2 aromatic rings. The Hall–Kier alpha value is -1.28. The molecule has 0 spiro atoms. The van der Waals surface area contributed by atoms with Crippen LogP contribution < -0.4 is 4.74 Å². The Morgan fingerprint density at radius 1 is 1.22 bits per heavy atom. The summed E-state index contributed by atoms with van der Waals surface area (Å²) in [5, 5.41) is 4.05. The van der Waals surface area contributed by atoms with E-state index >= 15 is 0 Å². The molecule has 1 aromatic carbocycles. The van der Waals surface area contributed by atoms with Gasteiger partial charge in [-0.15, -0.1) is 5.10 Å². The van der Waals surface area contributed by atoms with E-state index in [0.717, 1.165) is 50.5 Å². The summed E-state index contributed by atoms with van der Waals surface area (Å²) >= 11 is 7.27. The monoisotopic (exact) mass is 356 g/mol. The summed E-state index contributed by atoms with van der Waals surface area (Å²) < 4.78 is 23.2. The zero-order valence-corrected chi connectivity index (χ0v) is 14.4. The van der Waals surface area contributed by atoms with Gasteiger partial charge in [-0.05, 0) is 17.7 Å². The Labute approximate surface area is 143 Å². The van der Waals surface area contributed by atoms with Crippen LogP contribution in [0.5, 0.6) is 5.75 Å². The summed E-state index contributed by atoms with van der Waals surface area (Å²) in [4.78, 5) is 4.63. The van der Waals surface area contributed by atoms with Crippen molar-refractivity contribution in [1.82, 2.24) is 19.4 Å². The number of nitrogens with zero attached hydrogens (tertiary/aromatic N) is 4. The van der Waals surface area contributed by atoms with Gasteiger partial charge in [0.25, 0.3) is 0 Å². The number of piperazine rings is 1. The standard InChI is InChI=1S/C15H18ClFN4OS/c1-22-14-3-2-11(8-12(14)17)9-20-4-6-21(7-5-20)10-13-15(16)23-19-18-13/h2-3,8H,4-7,9-10H2,1H3. The first-order chi connectivity index (χ1) is 11.2. The normalized spacial score (nSPS) is 16.7. The Balaban J connectivity index is 1.51. The van der Waals surface area contributed by atoms with Crippen molar-refractivity contribution < 1.29 is 9.13 Å². The lowest BCUT2D eigenvalue weighted by molar-refractivity contribution is 0.121. The highest BCUT2D eigenvalue weighted by Gasteiger charge is 2.19. The van der Waals surface area contributed by atoms with Crippen LogP contribution in [0, 0.1) is 5.82 Å². The highest BCUT2D eigenvalue weighted by atomic mass is 35.5. The summed E-state index contributed by atoms with van der Waals surface area (Å²) in [6.45, 7) is 5.22. The molecule has 8 heteroatoms. The molecule has 0 bridgehead atoms. The van der Waals surface area contributed by atoms with E-state index in [0.29, 0.717) is 4.34 Å². The summed E-state index contributed by atoms with van der Waals surface area (Å²) in [7, 11) is 1.47. The third-order valence-electron chi connectivity index (χ3n) is 3.97. The van der Waals surface area contributed by atoms with Crippen LogP contribution in [0.25, 0.3) is 0 Å². The molecule has 0 atom stereocenters. The van der Waals surface area contributed by atoms with Crippen LogP contribution in [0.15, 0.2) is 18.2 Å². The van der Waals surface area contributed by atoms with Crippen molar-refractivity contribution in [3.63, 3.8) is 0 Å². The number of aromatic nitrogens is 2. The lowest BCUT2D eigenvalue weighted by Gasteiger charge is -2.34. The molecule has 5 nitrogen and oxygen atoms in total. The second-order valence-electron chi connectivity index (χ2n) is 5.51. The van der Waals surface area contributed by atoms with E-state index in [-0.39, 0.29) is 11.6 Å². The minimum Gasteiger partial charge on any atom is -0.494 e. The highest BCUT2D eigenvalue weighted by molar-refractivity contribution is 7.10. The number of hydrogen-bond acceptors (Lipinski definition) is 6. The number of ether oxygens (including phenoxy) is 1. The number of halogens is 2. The van der Waals surface area contributed by atoms with Crippen LogP contribution in [-0.4, -0.2) is 52.7 Å². The van der Waals surface area contributed by atoms with Gasteiger partial charge >= 0.3 is 0 Å². The molecule has 1 aliphatic rings. The van der Waals surface area contributed by atoms with Gasteiger partial charge < -0.3 is 4.74 Å². The zero-order chi connectivity index (χ0) is 16.2. The second kappa shape index (κ2) is 7.53. The van der Waals surface area contributed by atoms with Crippen LogP contribution in [0.4, 0.5) is 4.39 Å². The van der Waals surface area contributed by atoms with E-state index in [1.54, 1.807) is 12.1 Å². The number of benzene rings is 1. The van der Waals surface area contributed by atoms with Crippen LogP contribution in [0.1, 0.15) is 11.3 Å². The second-order valence-corrected chi connectivity index (χ2v) is 6.87. The minimum atomic E-state index is -0.311. The summed E-state index contributed by atoms with van der Waals surface area (Å²) in [6.07, 6.45) is 0. The van der Waals surface area contributed by atoms with Gasteiger partial charge in [-0.1, -0.05) is 22.2 Å². The van der Waals surface area contributed by atoms with E-state index in [1.165, 1.54) is 18.6 Å². The SMILES string of the molecule is COc1ccc(CN2CCN(Cc3nnsc3Cl)CC2)cc1F. The molecule has 2 heterocycles. The van der Waals surface area contributed by atoms with Gasteiger partial charge in [0.2, 0.25) is 0 Å². The molecular weight excluding hydrogens is 339 g/mol. The van der Waals surface area contributed by atoms with Gasteiger partial charge in [-0.3, -0.25) is 9.80 Å². The maximum Gasteiger partial charge on any atom is 0.165 e. The molecule has 0 unspecified atom stereocenters. The van der Waals surface area contributed by atoms with E-state index < -0.39 is 0 Å². The minimum absolute atomic E-state index is 0.285. The lowest BCUT2D eigenvalue weighted by Crippen LogP contribution is -2.45. The van der Waals surface area contributed by atoms with Crippen LogP contribution in [0.2, 0.25) is 4.34 Å². The highest BCUT2D eigenvalue weighted by Crippen LogP contribution is 2.21. The van der Waals surface area contributed by atoms with Gasteiger partial charge in [-0.2, -0.15) is 0 Å². The van der Waals surface area contributed by atoms with Gasteiger partial charge in [0.05, 0.1) is 7.11 Å². The Bertz CT molecular complexity index is 661. The summed E-state index contributed by atoms with van der Waals surface area (Å²) in [5.74, 6) is -0.0263. The third-order valence-corrected chi connectivity index (χ3v) is 4.95. The summed E-state index contributed by atoms with van der Waals surface area (Å²) in [5.41, 5.74) is 1.81. The van der Waals surface area contributed by atoms with Gasteiger partial charge in [-0.25, -0.2) is 4.39 Å². The third kappa shape index (κ3) is 4.17. The predicted octanol–water partition coefficient (Wildman–Crippen LogP) is 2.66. The fraction of sp³-hybridized carbons (Fsp3) is 0.467. The molecule has 0 N–H and O–H groups in total. The Morgan fingerprint density at radius 3 is 2.48 bits per heavy atom. The number of rotatable bonds is 5. The molecule has 0 saturated carbocycles. The first-order valence-electron chi connectivity index (χ1n) is 7.39. The van der Waals surface area contributed by atoms with Crippen LogP contribution >= 0.6 is 23.1 Å². The molecule has 1 aliphatic heterocycles. The fourth-order valence-corrected chi connectivity index (χ4v) is 3.29. The molecule has 23 heavy (non-hydrogen) atoms. The predicted molar refractivity (Wildman–Crippen MR) is 88.4 cm³/mol. The van der Waals surface area contributed by atoms with Crippen LogP contribution in [-0.2, 0) is 13.1 Å². The average Bonchev–Trinajstić information content (AvgIpc) is 2.95. The largest absolute Gasteiger partial charge is 0.494 e. The Kier molecular flexibility index (Phi) is 5.42. The molecule has 3 rings (SSSR count). The van der Waals surface area contributed by atoms with E-state index in [9.17, 15) is 4.39 Å². The molecule has 1 aromatic heterocycles.